The van der Waals surface area contributed by atoms with Crippen LogP contribution in [0, 0.1) is 23.2 Å². The van der Waals surface area contributed by atoms with Crippen molar-refractivity contribution in [3.8, 4) is 17.6 Å². The first-order chi connectivity index (χ1) is 19.4. The molecule has 2 aliphatic rings. The standard InChI is InChI=1S/C28H32N8O4/c1-39-21-11-20(12-22(13-21)40-2)33-25-23(24(30)37)26-31-7-9-36(26)28(34-25)32-15-18-4-3-8-35(16-18)27(38)19(14-29)10-17-5-6-17/h7,9-13,17-18,33H,3-6,8,15-16H2,1-2H3,(H2,30,37)(H,32,34)/b19-10+. The van der Waals surface area contributed by atoms with Gasteiger partial charge in [0.25, 0.3) is 11.8 Å². The first kappa shape index (κ1) is 26.8. The molecule has 0 spiro atoms. The van der Waals surface area contributed by atoms with Gasteiger partial charge >= 0.3 is 0 Å². The van der Waals surface area contributed by atoms with Gasteiger partial charge in [-0.15, -0.1) is 0 Å². The van der Waals surface area contributed by atoms with E-state index in [4.69, 9.17) is 20.2 Å². The number of fused-ring (bicyclic) bond motifs is 1. The van der Waals surface area contributed by atoms with Crippen molar-refractivity contribution in [2.75, 3.05) is 44.5 Å². The summed E-state index contributed by atoms with van der Waals surface area (Å²) < 4.78 is 12.4. The fourth-order valence-electron chi connectivity index (χ4n) is 4.92. The number of likely N-dealkylation sites (tertiary alicyclic amines) is 1. The first-order valence-electron chi connectivity index (χ1n) is 13.2. The normalized spacial score (nSPS) is 17.3. The molecule has 5 rings (SSSR count). The number of carbonyl (C=O) groups excluding carboxylic acids is 2. The summed E-state index contributed by atoms with van der Waals surface area (Å²) >= 11 is 0. The summed E-state index contributed by atoms with van der Waals surface area (Å²) in [7, 11) is 3.10. The van der Waals surface area contributed by atoms with Crippen LogP contribution in [-0.2, 0) is 4.79 Å². The molecule has 1 unspecified atom stereocenters. The molecule has 2 fully saturated rings. The Labute approximate surface area is 231 Å². The number of carbonyl (C=O) groups is 2. The van der Waals surface area contributed by atoms with Gasteiger partial charge in [-0.25, -0.2) is 4.98 Å². The largest absolute Gasteiger partial charge is 0.497 e. The number of amides is 2. The summed E-state index contributed by atoms with van der Waals surface area (Å²) in [4.78, 5) is 36.3. The zero-order valence-electron chi connectivity index (χ0n) is 22.5. The number of hydrogen-bond donors (Lipinski definition) is 3. The summed E-state index contributed by atoms with van der Waals surface area (Å²) in [5.41, 5.74) is 7.07. The number of allylic oxidation sites excluding steroid dienone is 1. The van der Waals surface area contributed by atoms with Crippen LogP contribution in [0.2, 0.25) is 0 Å². The highest BCUT2D eigenvalue weighted by Gasteiger charge is 2.28. The highest BCUT2D eigenvalue weighted by molar-refractivity contribution is 6.04. The van der Waals surface area contributed by atoms with Crippen LogP contribution < -0.4 is 25.8 Å². The van der Waals surface area contributed by atoms with Crippen LogP contribution in [0.4, 0.5) is 17.5 Å². The lowest BCUT2D eigenvalue weighted by atomic mass is 9.97. The van der Waals surface area contributed by atoms with E-state index in [1.165, 1.54) is 0 Å². The van der Waals surface area contributed by atoms with Gasteiger partial charge in [-0.3, -0.25) is 14.0 Å². The van der Waals surface area contributed by atoms with Crippen LogP contribution in [0.25, 0.3) is 5.65 Å². The van der Waals surface area contributed by atoms with E-state index in [1.54, 1.807) is 54.1 Å². The van der Waals surface area contributed by atoms with Crippen molar-refractivity contribution < 1.29 is 19.1 Å². The number of aromatic nitrogens is 3. The Kier molecular flexibility index (Phi) is 7.72. The fourth-order valence-corrected chi connectivity index (χ4v) is 4.92. The number of nitrogens with one attached hydrogen (secondary N) is 2. The SMILES string of the molecule is COc1cc(Nc2nc(NCC3CCCN(C(=O)/C(C#N)=C/C4CC4)C3)n3ccnc3c2C(N)=O)cc(OC)c1. The minimum Gasteiger partial charge on any atom is -0.497 e. The second-order valence-corrected chi connectivity index (χ2v) is 10.0. The van der Waals surface area contributed by atoms with E-state index in [9.17, 15) is 14.9 Å². The summed E-state index contributed by atoms with van der Waals surface area (Å²) in [6, 6.07) is 7.32. The summed E-state index contributed by atoms with van der Waals surface area (Å²) in [6.07, 6.45) is 8.94. The van der Waals surface area contributed by atoms with Crippen LogP contribution in [0.3, 0.4) is 0 Å². The molecule has 1 atom stereocenters. The van der Waals surface area contributed by atoms with Gasteiger partial charge in [-0.1, -0.05) is 6.08 Å². The van der Waals surface area contributed by atoms with Gasteiger partial charge in [-0.2, -0.15) is 10.2 Å². The van der Waals surface area contributed by atoms with Gasteiger partial charge in [-0.05, 0) is 37.5 Å². The van der Waals surface area contributed by atoms with Crippen molar-refractivity contribution >= 4 is 34.9 Å². The number of anilines is 3. The molecule has 4 N–H and O–H groups in total. The lowest BCUT2D eigenvalue weighted by molar-refractivity contribution is -0.128. The average Bonchev–Trinajstić information content (AvgIpc) is 3.66. The molecule has 3 aromatic rings. The quantitative estimate of drug-likeness (QED) is 0.257. The molecule has 0 radical (unpaired) electrons. The third kappa shape index (κ3) is 5.78. The zero-order chi connectivity index (χ0) is 28.2. The molecule has 208 valence electrons. The molecule has 3 heterocycles. The van der Waals surface area contributed by atoms with Gasteiger partial charge in [0, 0.05) is 55.9 Å². The Hall–Kier alpha value is -4.79. The minimum absolute atomic E-state index is 0.137. The maximum Gasteiger partial charge on any atom is 0.264 e. The Morgan fingerprint density at radius 3 is 2.60 bits per heavy atom. The van der Waals surface area contributed by atoms with Gasteiger partial charge in [0.2, 0.25) is 5.95 Å². The van der Waals surface area contributed by atoms with E-state index >= 15 is 0 Å². The van der Waals surface area contributed by atoms with Crippen molar-refractivity contribution in [2.45, 2.75) is 25.7 Å². The molecule has 12 nitrogen and oxygen atoms in total. The fraction of sp³-hybridized carbons (Fsp3) is 0.393. The van der Waals surface area contributed by atoms with Crippen molar-refractivity contribution in [2.24, 2.45) is 17.6 Å². The third-order valence-electron chi connectivity index (χ3n) is 7.14. The lowest BCUT2D eigenvalue weighted by Crippen LogP contribution is -2.42. The molecule has 1 saturated carbocycles. The molecule has 1 aromatic carbocycles. The van der Waals surface area contributed by atoms with Gasteiger partial charge in [0.15, 0.2) is 11.5 Å². The Bertz CT molecular complexity index is 1480. The smallest absolute Gasteiger partial charge is 0.264 e. The molecule has 1 saturated heterocycles. The number of nitriles is 1. The topological polar surface area (TPSA) is 160 Å². The second kappa shape index (κ2) is 11.5. The van der Waals surface area contributed by atoms with Crippen molar-refractivity contribution in [3.05, 3.63) is 47.8 Å². The number of hydrogen-bond acceptors (Lipinski definition) is 9. The number of nitrogens with two attached hydrogens (primary N) is 1. The highest BCUT2D eigenvalue weighted by Crippen LogP contribution is 2.32. The number of methoxy groups -OCH3 is 2. The van der Waals surface area contributed by atoms with E-state index in [-0.39, 0.29) is 28.8 Å². The molecule has 2 aromatic heterocycles. The molecule has 0 bridgehead atoms. The zero-order valence-corrected chi connectivity index (χ0v) is 22.5. The monoisotopic (exact) mass is 544 g/mol. The van der Waals surface area contributed by atoms with Crippen LogP contribution >= 0.6 is 0 Å². The van der Waals surface area contributed by atoms with E-state index in [0.29, 0.717) is 54.3 Å². The van der Waals surface area contributed by atoms with Gasteiger partial charge in [0.05, 0.1) is 14.2 Å². The first-order valence-corrected chi connectivity index (χ1v) is 13.2. The number of rotatable bonds is 10. The maximum atomic E-state index is 13.0. The molecular weight excluding hydrogens is 512 g/mol. The predicted molar refractivity (Wildman–Crippen MR) is 149 cm³/mol. The summed E-state index contributed by atoms with van der Waals surface area (Å²) in [6.45, 7) is 1.70. The average molecular weight is 545 g/mol. The molecular formula is C28H32N8O4. The van der Waals surface area contributed by atoms with Gasteiger partial charge in [0.1, 0.15) is 28.7 Å². The van der Waals surface area contributed by atoms with Crippen LogP contribution in [0.15, 0.2) is 42.2 Å². The van der Waals surface area contributed by atoms with E-state index < -0.39 is 5.91 Å². The Morgan fingerprint density at radius 2 is 1.95 bits per heavy atom. The van der Waals surface area contributed by atoms with Gasteiger partial charge < -0.3 is 30.7 Å². The van der Waals surface area contributed by atoms with Crippen molar-refractivity contribution in [1.82, 2.24) is 19.3 Å². The minimum atomic E-state index is -0.679. The van der Waals surface area contributed by atoms with E-state index in [2.05, 4.69) is 21.7 Å². The molecule has 1 aliphatic heterocycles. The second-order valence-electron chi connectivity index (χ2n) is 10.0. The maximum absolute atomic E-state index is 13.0. The Balaban J connectivity index is 1.38. The number of primary amides is 1. The Morgan fingerprint density at radius 1 is 1.20 bits per heavy atom. The summed E-state index contributed by atoms with van der Waals surface area (Å²) in [5.74, 6) is 1.44. The highest BCUT2D eigenvalue weighted by atomic mass is 16.5. The number of benzene rings is 1. The number of nitrogens with zero attached hydrogens (tertiary/aromatic N) is 5. The number of ether oxygens (including phenoxy) is 2. The van der Waals surface area contributed by atoms with Crippen LogP contribution in [0.1, 0.15) is 36.0 Å². The summed E-state index contributed by atoms with van der Waals surface area (Å²) in [5, 5.41) is 16.1. The van der Waals surface area contributed by atoms with E-state index in [1.807, 2.05) is 6.08 Å². The van der Waals surface area contributed by atoms with Crippen molar-refractivity contribution in [1.29, 1.82) is 5.26 Å². The van der Waals surface area contributed by atoms with Crippen molar-refractivity contribution in [3.63, 3.8) is 0 Å². The van der Waals surface area contributed by atoms with Crippen LogP contribution in [0.5, 0.6) is 11.5 Å². The van der Waals surface area contributed by atoms with E-state index in [0.717, 1.165) is 25.7 Å². The lowest BCUT2D eigenvalue weighted by Gasteiger charge is -2.33. The molecule has 12 heteroatoms. The number of imidazole rings is 1. The molecule has 2 amide bonds. The molecule has 40 heavy (non-hydrogen) atoms. The van der Waals surface area contributed by atoms with Crippen LogP contribution in [-0.4, -0.2) is 64.9 Å². The molecule has 1 aliphatic carbocycles. The third-order valence-corrected chi connectivity index (χ3v) is 7.14. The number of piperidine rings is 1. The predicted octanol–water partition coefficient (Wildman–Crippen LogP) is 3.10.